The van der Waals surface area contributed by atoms with E-state index in [9.17, 15) is 4.79 Å². The molecule has 8 heteroatoms. The lowest BCUT2D eigenvalue weighted by molar-refractivity contribution is -0.122. The number of aliphatic imine (C=N–C) groups is 1. The standard InChI is InChI=1S/C23H39N5O2.HI/c1-5-13-25-22(29)17-28-15-11-20(12-16-28)27-23(24-3)26-14-10-18(2)19-6-8-21(30-4)9-7-19;/h6-9,18,20H,5,10-17H2,1-4H3,(H,25,29)(H2,24,26,27);1H. The summed E-state index contributed by atoms with van der Waals surface area (Å²) in [4.78, 5) is 18.5. The topological polar surface area (TPSA) is 78.0 Å². The SMILES string of the molecule is CCCNC(=O)CN1CCC(NC(=NC)NCCC(C)c2ccc(OC)cc2)CC1.I. The summed E-state index contributed by atoms with van der Waals surface area (Å²) in [7, 11) is 3.50. The summed E-state index contributed by atoms with van der Waals surface area (Å²) in [5.74, 6) is 2.34. The Labute approximate surface area is 204 Å². The zero-order valence-electron chi connectivity index (χ0n) is 19.4. The number of guanidine groups is 1. The van der Waals surface area contributed by atoms with Crippen molar-refractivity contribution in [3.63, 3.8) is 0 Å². The van der Waals surface area contributed by atoms with Gasteiger partial charge in [-0.25, -0.2) is 0 Å². The molecule has 1 fully saturated rings. The molecule has 1 amide bonds. The molecule has 1 aromatic carbocycles. The zero-order valence-corrected chi connectivity index (χ0v) is 21.8. The highest BCUT2D eigenvalue weighted by molar-refractivity contribution is 14.0. The van der Waals surface area contributed by atoms with Crippen molar-refractivity contribution in [1.82, 2.24) is 20.9 Å². The predicted molar refractivity (Wildman–Crippen MR) is 139 cm³/mol. The van der Waals surface area contributed by atoms with E-state index in [-0.39, 0.29) is 29.9 Å². The first kappa shape index (κ1) is 27.5. The number of benzene rings is 1. The van der Waals surface area contributed by atoms with Crippen LogP contribution in [0.3, 0.4) is 0 Å². The van der Waals surface area contributed by atoms with E-state index in [4.69, 9.17) is 4.74 Å². The van der Waals surface area contributed by atoms with Gasteiger partial charge in [0.05, 0.1) is 13.7 Å². The fraction of sp³-hybridized carbons (Fsp3) is 0.652. The molecule has 3 N–H and O–H groups in total. The summed E-state index contributed by atoms with van der Waals surface area (Å²) in [5.41, 5.74) is 1.32. The highest BCUT2D eigenvalue weighted by Crippen LogP contribution is 2.21. The van der Waals surface area contributed by atoms with Crippen molar-refractivity contribution in [2.24, 2.45) is 4.99 Å². The molecule has 0 aromatic heterocycles. The Bertz CT molecular complexity index is 660. The maximum Gasteiger partial charge on any atom is 0.234 e. The number of hydrogen-bond acceptors (Lipinski definition) is 4. The number of carbonyl (C=O) groups is 1. The maximum absolute atomic E-state index is 11.9. The van der Waals surface area contributed by atoms with E-state index >= 15 is 0 Å². The van der Waals surface area contributed by atoms with E-state index in [2.05, 4.69) is 51.8 Å². The Hall–Kier alpha value is -1.55. The lowest BCUT2D eigenvalue weighted by Gasteiger charge is -2.32. The zero-order chi connectivity index (χ0) is 21.8. The summed E-state index contributed by atoms with van der Waals surface area (Å²) >= 11 is 0. The Kier molecular flexibility index (Phi) is 13.6. The summed E-state index contributed by atoms with van der Waals surface area (Å²) in [6, 6.07) is 8.68. The number of nitrogens with one attached hydrogen (secondary N) is 3. The van der Waals surface area contributed by atoms with Gasteiger partial charge in [0.25, 0.3) is 0 Å². The van der Waals surface area contributed by atoms with Crippen molar-refractivity contribution >= 4 is 35.8 Å². The van der Waals surface area contributed by atoms with Gasteiger partial charge in [-0.1, -0.05) is 26.0 Å². The van der Waals surface area contributed by atoms with Crippen molar-refractivity contribution in [3.05, 3.63) is 29.8 Å². The van der Waals surface area contributed by atoms with Crippen molar-refractivity contribution in [1.29, 1.82) is 0 Å². The van der Waals surface area contributed by atoms with Gasteiger partial charge in [0, 0.05) is 39.3 Å². The molecular formula is C23H40IN5O2. The second kappa shape index (κ2) is 15.3. The molecule has 0 aliphatic carbocycles. The van der Waals surface area contributed by atoms with Crippen LogP contribution >= 0.6 is 24.0 Å². The molecule has 176 valence electrons. The van der Waals surface area contributed by atoms with Crippen molar-refractivity contribution in [3.8, 4) is 5.75 Å². The van der Waals surface area contributed by atoms with Crippen LogP contribution in [-0.2, 0) is 4.79 Å². The average molecular weight is 546 g/mol. The van der Waals surface area contributed by atoms with Crippen molar-refractivity contribution in [2.75, 3.05) is 46.9 Å². The van der Waals surface area contributed by atoms with E-state index in [0.29, 0.717) is 18.5 Å². The number of amides is 1. The van der Waals surface area contributed by atoms with Gasteiger partial charge in [0.15, 0.2) is 5.96 Å². The van der Waals surface area contributed by atoms with Gasteiger partial charge in [-0.05, 0) is 49.3 Å². The molecule has 1 unspecified atom stereocenters. The van der Waals surface area contributed by atoms with Crippen LogP contribution in [0.5, 0.6) is 5.75 Å². The number of halogens is 1. The number of carbonyl (C=O) groups excluding carboxylic acids is 1. The normalized spacial score (nSPS) is 16.2. The van der Waals surface area contributed by atoms with Crippen LogP contribution < -0.4 is 20.7 Å². The Morgan fingerprint density at radius 2 is 1.87 bits per heavy atom. The molecule has 0 saturated carbocycles. The van der Waals surface area contributed by atoms with Crippen LogP contribution in [0.1, 0.15) is 51.0 Å². The smallest absolute Gasteiger partial charge is 0.234 e. The average Bonchev–Trinajstić information content (AvgIpc) is 2.78. The molecule has 0 bridgehead atoms. The van der Waals surface area contributed by atoms with Gasteiger partial charge in [0.2, 0.25) is 5.91 Å². The third-order valence-corrected chi connectivity index (χ3v) is 5.65. The quantitative estimate of drug-likeness (QED) is 0.240. The van der Waals surface area contributed by atoms with Gasteiger partial charge in [-0.15, -0.1) is 24.0 Å². The number of hydrogen-bond donors (Lipinski definition) is 3. The van der Waals surface area contributed by atoms with Crippen molar-refractivity contribution < 1.29 is 9.53 Å². The lowest BCUT2D eigenvalue weighted by Crippen LogP contribution is -2.50. The number of methoxy groups -OCH3 is 1. The maximum atomic E-state index is 11.9. The molecular weight excluding hydrogens is 505 g/mol. The van der Waals surface area contributed by atoms with Crippen LogP contribution in [0.15, 0.2) is 29.3 Å². The van der Waals surface area contributed by atoms with E-state index in [0.717, 1.165) is 63.6 Å². The monoisotopic (exact) mass is 545 g/mol. The number of rotatable bonds is 10. The molecule has 2 rings (SSSR count). The largest absolute Gasteiger partial charge is 0.497 e. The minimum Gasteiger partial charge on any atom is -0.497 e. The second-order valence-corrected chi connectivity index (χ2v) is 8.01. The molecule has 7 nitrogen and oxygen atoms in total. The third kappa shape index (κ3) is 10.1. The summed E-state index contributed by atoms with van der Waals surface area (Å²) in [6.07, 6.45) is 4.04. The third-order valence-electron chi connectivity index (χ3n) is 5.65. The summed E-state index contributed by atoms with van der Waals surface area (Å²) in [5, 5.41) is 9.93. The number of nitrogens with zero attached hydrogens (tertiary/aromatic N) is 2. The molecule has 0 radical (unpaired) electrons. The van der Waals surface area contributed by atoms with Gasteiger partial charge in [0.1, 0.15) is 5.75 Å². The first-order valence-corrected chi connectivity index (χ1v) is 11.2. The van der Waals surface area contributed by atoms with Gasteiger partial charge in [-0.3, -0.25) is 14.7 Å². The molecule has 1 aliphatic heterocycles. The van der Waals surface area contributed by atoms with Crippen LogP contribution in [0.4, 0.5) is 0 Å². The van der Waals surface area contributed by atoms with Crippen LogP contribution in [0.2, 0.25) is 0 Å². The highest BCUT2D eigenvalue weighted by atomic mass is 127. The Balaban J connectivity index is 0.00000480. The first-order valence-electron chi connectivity index (χ1n) is 11.2. The molecule has 0 spiro atoms. The van der Waals surface area contributed by atoms with Gasteiger partial charge < -0.3 is 20.7 Å². The minimum absolute atomic E-state index is 0. The second-order valence-electron chi connectivity index (χ2n) is 8.01. The fourth-order valence-corrected chi connectivity index (χ4v) is 3.65. The number of piperidine rings is 1. The molecule has 31 heavy (non-hydrogen) atoms. The Morgan fingerprint density at radius 1 is 1.19 bits per heavy atom. The summed E-state index contributed by atoms with van der Waals surface area (Å²) in [6.45, 7) is 8.30. The first-order chi connectivity index (χ1) is 14.5. The van der Waals surface area contributed by atoms with Crippen LogP contribution in [-0.4, -0.2) is 69.7 Å². The van der Waals surface area contributed by atoms with E-state index in [1.54, 1.807) is 7.11 Å². The molecule has 1 saturated heterocycles. The van der Waals surface area contributed by atoms with E-state index in [1.807, 2.05) is 19.2 Å². The fourth-order valence-electron chi connectivity index (χ4n) is 3.65. The van der Waals surface area contributed by atoms with E-state index < -0.39 is 0 Å². The Morgan fingerprint density at radius 3 is 2.45 bits per heavy atom. The van der Waals surface area contributed by atoms with Gasteiger partial charge >= 0.3 is 0 Å². The number of likely N-dealkylation sites (tertiary alicyclic amines) is 1. The van der Waals surface area contributed by atoms with Crippen LogP contribution in [0, 0.1) is 0 Å². The summed E-state index contributed by atoms with van der Waals surface area (Å²) < 4.78 is 5.23. The van der Waals surface area contributed by atoms with Crippen molar-refractivity contribution in [2.45, 2.75) is 51.5 Å². The minimum atomic E-state index is 0. The molecule has 1 aromatic rings. The van der Waals surface area contributed by atoms with Gasteiger partial charge in [-0.2, -0.15) is 0 Å². The predicted octanol–water partition coefficient (Wildman–Crippen LogP) is 2.96. The van der Waals surface area contributed by atoms with E-state index in [1.165, 1.54) is 5.56 Å². The molecule has 1 aliphatic rings. The number of ether oxygens (including phenoxy) is 1. The molecule has 1 heterocycles. The lowest BCUT2D eigenvalue weighted by atomic mass is 9.98. The van der Waals surface area contributed by atoms with Crippen LogP contribution in [0.25, 0.3) is 0 Å². The molecule has 1 atom stereocenters. The highest BCUT2D eigenvalue weighted by Gasteiger charge is 2.21.